The normalized spacial score (nSPS) is 11.3. The molecule has 0 fully saturated rings. The lowest BCUT2D eigenvalue weighted by Gasteiger charge is -2.08. The number of aromatic nitrogens is 4. The Morgan fingerprint density at radius 2 is 2.06 bits per heavy atom. The molecule has 0 unspecified atom stereocenters. The van der Waals surface area contributed by atoms with Gasteiger partial charge in [-0.2, -0.15) is 5.10 Å². The van der Waals surface area contributed by atoms with Crippen molar-refractivity contribution >= 4 is 23.2 Å². The molecule has 31 heavy (non-hydrogen) atoms. The van der Waals surface area contributed by atoms with Gasteiger partial charge in [-0.25, -0.2) is 4.52 Å². The lowest BCUT2D eigenvalue weighted by atomic mass is 10.1. The van der Waals surface area contributed by atoms with Gasteiger partial charge in [-0.05, 0) is 25.1 Å². The van der Waals surface area contributed by atoms with Gasteiger partial charge < -0.3 is 18.8 Å². The highest BCUT2D eigenvalue weighted by Crippen LogP contribution is 2.30. The summed E-state index contributed by atoms with van der Waals surface area (Å²) >= 11 is 6.28. The molecule has 0 bridgehead atoms. The van der Waals surface area contributed by atoms with Crippen molar-refractivity contribution in [3.05, 3.63) is 77.5 Å². The number of amides is 1. The summed E-state index contributed by atoms with van der Waals surface area (Å²) in [5.41, 5.74) is 3.13. The Kier molecular flexibility index (Phi) is 4.83. The second kappa shape index (κ2) is 7.81. The highest BCUT2D eigenvalue weighted by Gasteiger charge is 2.22. The first-order valence-corrected chi connectivity index (χ1v) is 10.1. The summed E-state index contributed by atoms with van der Waals surface area (Å²) in [6, 6.07) is 12.9. The average molecular weight is 436 g/mol. The van der Waals surface area contributed by atoms with E-state index in [4.69, 9.17) is 20.5 Å². The molecule has 1 aromatic carbocycles. The Balaban J connectivity index is 1.31. The number of carbonyl (C=O) groups is 1. The Morgan fingerprint density at radius 3 is 2.87 bits per heavy atom. The number of nitrogens with zero attached hydrogens (tertiary/aromatic N) is 4. The highest BCUT2D eigenvalue weighted by molar-refractivity contribution is 6.33. The predicted molar refractivity (Wildman–Crippen MR) is 115 cm³/mol. The van der Waals surface area contributed by atoms with Gasteiger partial charge in [0.15, 0.2) is 5.76 Å². The second-order valence-electron chi connectivity index (χ2n) is 7.00. The molecule has 0 radical (unpaired) electrons. The van der Waals surface area contributed by atoms with Crippen LogP contribution in [0, 0.1) is 6.92 Å². The lowest BCUT2D eigenvalue weighted by Crippen LogP contribution is -2.27. The maximum absolute atomic E-state index is 12.9. The molecule has 9 heteroatoms. The van der Waals surface area contributed by atoms with Gasteiger partial charge >= 0.3 is 0 Å². The third-order valence-corrected chi connectivity index (χ3v) is 5.36. The van der Waals surface area contributed by atoms with Crippen molar-refractivity contribution in [2.24, 2.45) is 0 Å². The van der Waals surface area contributed by atoms with Gasteiger partial charge in [0.05, 0.1) is 11.3 Å². The monoisotopic (exact) mass is 435 g/mol. The first-order valence-electron chi connectivity index (χ1n) is 9.69. The quantitative estimate of drug-likeness (QED) is 0.425. The Morgan fingerprint density at radius 1 is 1.19 bits per heavy atom. The van der Waals surface area contributed by atoms with E-state index in [0.29, 0.717) is 46.5 Å². The zero-order valence-corrected chi connectivity index (χ0v) is 17.3. The zero-order valence-electron chi connectivity index (χ0n) is 16.6. The summed E-state index contributed by atoms with van der Waals surface area (Å²) in [7, 11) is 0. The number of aryl methyl sites for hydroxylation is 1. The number of furan rings is 1. The lowest BCUT2D eigenvalue weighted by molar-refractivity contribution is 0.0951. The van der Waals surface area contributed by atoms with Crippen molar-refractivity contribution < 1.29 is 13.7 Å². The SMILES string of the molecule is Cc1onc(-c2ccccc2Cl)c1C(=O)NCCn1ccn2nc(-c3ccco3)cc12. The van der Waals surface area contributed by atoms with Crippen molar-refractivity contribution in [2.45, 2.75) is 13.5 Å². The summed E-state index contributed by atoms with van der Waals surface area (Å²) in [5, 5.41) is 12.0. The van der Waals surface area contributed by atoms with Crippen LogP contribution in [0.2, 0.25) is 5.02 Å². The average Bonchev–Trinajstić information content (AvgIpc) is 3.53. The molecule has 8 nitrogen and oxygen atoms in total. The van der Waals surface area contributed by atoms with Gasteiger partial charge in [0.2, 0.25) is 0 Å². The third kappa shape index (κ3) is 3.51. The molecule has 156 valence electrons. The number of rotatable bonds is 6. The van der Waals surface area contributed by atoms with E-state index in [0.717, 1.165) is 11.3 Å². The van der Waals surface area contributed by atoms with Crippen LogP contribution in [0.25, 0.3) is 28.4 Å². The largest absolute Gasteiger partial charge is 0.463 e. The number of halogens is 1. The fourth-order valence-corrected chi connectivity index (χ4v) is 3.74. The van der Waals surface area contributed by atoms with Crippen LogP contribution in [0.4, 0.5) is 0 Å². The molecule has 4 heterocycles. The van der Waals surface area contributed by atoms with Crippen LogP contribution < -0.4 is 5.32 Å². The second-order valence-corrected chi connectivity index (χ2v) is 7.41. The van der Waals surface area contributed by atoms with Crippen molar-refractivity contribution in [2.75, 3.05) is 6.54 Å². The number of nitrogens with one attached hydrogen (secondary N) is 1. The summed E-state index contributed by atoms with van der Waals surface area (Å²) in [4.78, 5) is 12.9. The van der Waals surface area contributed by atoms with E-state index in [-0.39, 0.29) is 5.91 Å². The fraction of sp³-hybridized carbons (Fsp3) is 0.136. The zero-order chi connectivity index (χ0) is 21.4. The van der Waals surface area contributed by atoms with E-state index in [1.807, 2.05) is 53.4 Å². The minimum Gasteiger partial charge on any atom is -0.463 e. The van der Waals surface area contributed by atoms with Gasteiger partial charge in [-0.15, -0.1) is 0 Å². The highest BCUT2D eigenvalue weighted by atomic mass is 35.5. The van der Waals surface area contributed by atoms with Gasteiger partial charge in [0, 0.05) is 37.1 Å². The van der Waals surface area contributed by atoms with Crippen molar-refractivity contribution in [3.63, 3.8) is 0 Å². The summed E-state index contributed by atoms with van der Waals surface area (Å²) in [6.07, 6.45) is 5.40. The molecule has 0 aliphatic carbocycles. The maximum Gasteiger partial charge on any atom is 0.257 e. The third-order valence-electron chi connectivity index (χ3n) is 5.03. The molecule has 0 spiro atoms. The molecular formula is C22H18ClN5O3. The number of hydrogen-bond donors (Lipinski definition) is 1. The Bertz CT molecular complexity index is 1360. The van der Waals surface area contributed by atoms with Gasteiger partial charge in [0.25, 0.3) is 5.91 Å². The van der Waals surface area contributed by atoms with E-state index < -0.39 is 0 Å². The topological polar surface area (TPSA) is 90.5 Å². The molecule has 1 N–H and O–H groups in total. The van der Waals surface area contributed by atoms with Crippen LogP contribution in [0.3, 0.4) is 0 Å². The first-order chi connectivity index (χ1) is 15.1. The van der Waals surface area contributed by atoms with E-state index >= 15 is 0 Å². The van der Waals surface area contributed by atoms with Gasteiger partial charge in [0.1, 0.15) is 28.4 Å². The molecule has 1 amide bonds. The number of hydrogen-bond acceptors (Lipinski definition) is 5. The van der Waals surface area contributed by atoms with Gasteiger partial charge in [-0.1, -0.05) is 35.0 Å². The standard InChI is InChI=1S/C22H18ClN5O3/c1-14-20(21(26-31-14)15-5-2-3-6-16(15)23)22(29)24-8-9-27-10-11-28-19(27)13-17(25-28)18-7-4-12-30-18/h2-7,10-13H,8-9H2,1H3,(H,24,29). The summed E-state index contributed by atoms with van der Waals surface area (Å²) < 4.78 is 14.5. The van der Waals surface area contributed by atoms with E-state index in [2.05, 4.69) is 15.6 Å². The van der Waals surface area contributed by atoms with Crippen molar-refractivity contribution in [3.8, 4) is 22.7 Å². The van der Waals surface area contributed by atoms with E-state index in [1.54, 1.807) is 23.8 Å². The molecule has 0 saturated carbocycles. The Hall–Kier alpha value is -3.78. The number of imidazole rings is 1. The first kappa shape index (κ1) is 19.2. The van der Waals surface area contributed by atoms with Crippen LogP contribution in [-0.4, -0.2) is 31.8 Å². The summed E-state index contributed by atoms with van der Waals surface area (Å²) in [6.45, 7) is 2.69. The number of fused-ring (bicyclic) bond motifs is 1. The molecule has 0 aliphatic heterocycles. The van der Waals surface area contributed by atoms with E-state index in [9.17, 15) is 4.79 Å². The minimum atomic E-state index is -0.262. The smallest absolute Gasteiger partial charge is 0.257 e. The van der Waals surface area contributed by atoms with Gasteiger partial charge in [-0.3, -0.25) is 4.79 Å². The van der Waals surface area contributed by atoms with Crippen LogP contribution in [0.5, 0.6) is 0 Å². The van der Waals surface area contributed by atoms with Crippen LogP contribution >= 0.6 is 11.6 Å². The summed E-state index contributed by atoms with van der Waals surface area (Å²) in [5.74, 6) is 0.884. The number of benzene rings is 1. The van der Waals surface area contributed by atoms with Crippen LogP contribution in [-0.2, 0) is 6.54 Å². The van der Waals surface area contributed by atoms with Crippen LogP contribution in [0.15, 0.2) is 70.1 Å². The van der Waals surface area contributed by atoms with Crippen molar-refractivity contribution in [1.82, 2.24) is 24.7 Å². The molecule has 0 atom stereocenters. The molecular weight excluding hydrogens is 418 g/mol. The number of carbonyl (C=O) groups excluding carboxylic acids is 1. The molecule has 4 aromatic heterocycles. The van der Waals surface area contributed by atoms with Crippen molar-refractivity contribution in [1.29, 1.82) is 0 Å². The predicted octanol–water partition coefficient (Wildman–Crippen LogP) is 4.44. The fourth-order valence-electron chi connectivity index (χ4n) is 3.52. The molecule has 5 aromatic rings. The molecule has 0 saturated heterocycles. The molecule has 0 aliphatic rings. The van der Waals surface area contributed by atoms with E-state index in [1.165, 1.54) is 0 Å². The Labute approximate surface area is 182 Å². The van der Waals surface area contributed by atoms with Crippen LogP contribution in [0.1, 0.15) is 16.1 Å². The minimum absolute atomic E-state index is 0.262. The molecule has 5 rings (SSSR count). The maximum atomic E-state index is 12.9.